The fraction of sp³-hybridized carbons (Fsp3) is 0.600. The molecule has 1 aromatic carbocycles. The van der Waals surface area contributed by atoms with Crippen molar-refractivity contribution in [2.75, 3.05) is 0 Å². The van der Waals surface area contributed by atoms with E-state index in [1.165, 1.54) is 18.9 Å². The van der Waals surface area contributed by atoms with Gasteiger partial charge in [-0.25, -0.2) is 4.39 Å². The summed E-state index contributed by atoms with van der Waals surface area (Å²) in [6.07, 6.45) is 4.56. The average Bonchev–Trinajstić information content (AvgIpc) is 3.17. The van der Waals surface area contributed by atoms with E-state index < -0.39 is 0 Å². The first kappa shape index (κ1) is 13.3. The van der Waals surface area contributed by atoms with Crippen LogP contribution in [0.3, 0.4) is 0 Å². The molecule has 1 N–H and O–H groups in total. The fourth-order valence-corrected chi connectivity index (χ4v) is 1.99. The summed E-state index contributed by atoms with van der Waals surface area (Å²) in [6.45, 7) is 4.90. The Morgan fingerprint density at radius 3 is 2.61 bits per heavy atom. The molecule has 0 bridgehead atoms. The van der Waals surface area contributed by atoms with Gasteiger partial charge in [-0.1, -0.05) is 13.8 Å². The summed E-state index contributed by atoms with van der Waals surface area (Å²) in [5.41, 5.74) is 0.961. The zero-order valence-electron chi connectivity index (χ0n) is 11.2. The van der Waals surface area contributed by atoms with E-state index in [2.05, 4.69) is 19.2 Å². The monoisotopic (exact) mass is 251 g/mol. The number of halogens is 1. The second-order valence-electron chi connectivity index (χ2n) is 5.01. The molecule has 0 saturated heterocycles. The lowest BCUT2D eigenvalue weighted by molar-refractivity contribution is 0.192. The van der Waals surface area contributed by atoms with E-state index in [-0.39, 0.29) is 11.9 Å². The van der Waals surface area contributed by atoms with Gasteiger partial charge in [0.1, 0.15) is 11.6 Å². The van der Waals surface area contributed by atoms with Crippen molar-refractivity contribution < 1.29 is 9.13 Å². The lowest BCUT2D eigenvalue weighted by atomic mass is 10.2. The molecule has 0 atom stereocenters. The van der Waals surface area contributed by atoms with Crippen LogP contribution in [-0.2, 0) is 6.54 Å². The molecule has 0 spiro atoms. The van der Waals surface area contributed by atoms with Gasteiger partial charge in [-0.15, -0.1) is 0 Å². The summed E-state index contributed by atoms with van der Waals surface area (Å²) in [6, 6.07) is 5.63. The maximum absolute atomic E-state index is 13.5. The molecule has 1 aliphatic carbocycles. The van der Waals surface area contributed by atoms with Crippen LogP contribution in [-0.4, -0.2) is 12.1 Å². The van der Waals surface area contributed by atoms with Gasteiger partial charge in [0.2, 0.25) is 0 Å². The van der Waals surface area contributed by atoms with E-state index in [4.69, 9.17) is 4.74 Å². The van der Waals surface area contributed by atoms with Gasteiger partial charge in [0, 0.05) is 18.7 Å². The molecule has 0 amide bonds. The van der Waals surface area contributed by atoms with Crippen LogP contribution >= 0.6 is 0 Å². The molecule has 1 aliphatic rings. The lowest BCUT2D eigenvalue weighted by Gasteiger charge is -2.16. The Hall–Kier alpha value is -1.09. The predicted octanol–water partition coefficient (Wildman–Crippen LogP) is 3.65. The fourth-order valence-electron chi connectivity index (χ4n) is 1.99. The third kappa shape index (κ3) is 3.98. The highest BCUT2D eigenvalue weighted by Crippen LogP contribution is 2.22. The van der Waals surface area contributed by atoms with Gasteiger partial charge < -0.3 is 10.1 Å². The number of hydrogen-bond donors (Lipinski definition) is 1. The Kier molecular flexibility index (Phi) is 4.59. The standard InChI is InChI=1S/C15H22FNO/c1-3-14(4-2)18-15-8-11(7-12(16)9-15)10-17-13-5-6-13/h7-9,13-14,17H,3-6,10H2,1-2H3. The maximum Gasteiger partial charge on any atom is 0.127 e. The molecule has 0 radical (unpaired) electrons. The topological polar surface area (TPSA) is 21.3 Å². The van der Waals surface area contributed by atoms with Crippen LogP contribution in [0.4, 0.5) is 4.39 Å². The highest BCUT2D eigenvalue weighted by atomic mass is 19.1. The van der Waals surface area contributed by atoms with Crippen molar-refractivity contribution in [3.05, 3.63) is 29.6 Å². The maximum atomic E-state index is 13.5. The summed E-state index contributed by atoms with van der Waals surface area (Å²) in [7, 11) is 0. The minimum atomic E-state index is -0.217. The highest BCUT2D eigenvalue weighted by molar-refractivity contribution is 5.30. The van der Waals surface area contributed by atoms with Crippen LogP contribution in [0.25, 0.3) is 0 Å². The molecule has 1 saturated carbocycles. The summed E-state index contributed by atoms with van der Waals surface area (Å²) < 4.78 is 19.3. The molecule has 3 heteroatoms. The SMILES string of the molecule is CCC(CC)Oc1cc(F)cc(CNC2CC2)c1. The zero-order chi connectivity index (χ0) is 13.0. The summed E-state index contributed by atoms with van der Waals surface area (Å²) in [4.78, 5) is 0. The van der Waals surface area contributed by atoms with Gasteiger partial charge in [0.15, 0.2) is 0 Å². The predicted molar refractivity (Wildman–Crippen MR) is 71.3 cm³/mol. The van der Waals surface area contributed by atoms with Crippen LogP contribution in [0.2, 0.25) is 0 Å². The number of hydrogen-bond acceptors (Lipinski definition) is 2. The van der Waals surface area contributed by atoms with Gasteiger partial charge in [-0.3, -0.25) is 0 Å². The Morgan fingerprint density at radius 1 is 1.28 bits per heavy atom. The van der Waals surface area contributed by atoms with Crippen LogP contribution in [0.15, 0.2) is 18.2 Å². The number of ether oxygens (including phenoxy) is 1. The van der Waals surface area contributed by atoms with Crippen LogP contribution in [0.5, 0.6) is 5.75 Å². The van der Waals surface area contributed by atoms with E-state index in [0.717, 1.165) is 24.9 Å². The largest absolute Gasteiger partial charge is 0.490 e. The van der Waals surface area contributed by atoms with Gasteiger partial charge >= 0.3 is 0 Å². The summed E-state index contributed by atoms with van der Waals surface area (Å²) >= 11 is 0. The van der Waals surface area contributed by atoms with Gasteiger partial charge in [0.25, 0.3) is 0 Å². The van der Waals surface area contributed by atoms with E-state index in [0.29, 0.717) is 11.8 Å². The Morgan fingerprint density at radius 2 is 2.00 bits per heavy atom. The Balaban J connectivity index is 1.99. The van der Waals surface area contributed by atoms with E-state index in [1.54, 1.807) is 6.07 Å². The van der Waals surface area contributed by atoms with Gasteiger partial charge in [0.05, 0.1) is 6.10 Å². The number of nitrogens with one attached hydrogen (secondary N) is 1. The summed E-state index contributed by atoms with van der Waals surface area (Å²) in [5, 5.41) is 3.39. The second kappa shape index (κ2) is 6.19. The molecule has 0 aromatic heterocycles. The molecule has 18 heavy (non-hydrogen) atoms. The van der Waals surface area contributed by atoms with Crippen molar-refractivity contribution in [1.82, 2.24) is 5.32 Å². The molecule has 1 aromatic rings. The minimum absolute atomic E-state index is 0.177. The first-order valence-corrected chi connectivity index (χ1v) is 6.90. The molecule has 0 unspecified atom stereocenters. The van der Waals surface area contributed by atoms with Gasteiger partial charge in [-0.05, 0) is 43.4 Å². The number of rotatable bonds is 7. The Bertz CT molecular complexity index is 386. The zero-order valence-corrected chi connectivity index (χ0v) is 11.2. The third-order valence-corrected chi connectivity index (χ3v) is 3.32. The van der Waals surface area contributed by atoms with E-state index in [1.807, 2.05) is 6.07 Å². The van der Waals surface area contributed by atoms with Crippen molar-refractivity contribution >= 4 is 0 Å². The van der Waals surface area contributed by atoms with E-state index >= 15 is 0 Å². The normalized spacial score (nSPS) is 15.1. The first-order chi connectivity index (χ1) is 8.71. The van der Waals surface area contributed by atoms with Crippen LogP contribution < -0.4 is 10.1 Å². The molecular formula is C15H22FNO. The molecular weight excluding hydrogens is 229 g/mol. The molecule has 0 heterocycles. The molecule has 1 fully saturated rings. The third-order valence-electron chi connectivity index (χ3n) is 3.32. The highest BCUT2D eigenvalue weighted by Gasteiger charge is 2.20. The molecule has 2 rings (SSSR count). The van der Waals surface area contributed by atoms with Crippen molar-refractivity contribution in [2.45, 2.75) is 58.2 Å². The van der Waals surface area contributed by atoms with Gasteiger partial charge in [-0.2, -0.15) is 0 Å². The second-order valence-corrected chi connectivity index (χ2v) is 5.01. The molecule has 2 nitrogen and oxygen atoms in total. The first-order valence-electron chi connectivity index (χ1n) is 6.90. The van der Waals surface area contributed by atoms with Crippen molar-refractivity contribution in [2.24, 2.45) is 0 Å². The van der Waals surface area contributed by atoms with Crippen molar-refractivity contribution in [3.63, 3.8) is 0 Å². The quantitative estimate of drug-likeness (QED) is 0.798. The average molecular weight is 251 g/mol. The van der Waals surface area contributed by atoms with Crippen LogP contribution in [0.1, 0.15) is 45.1 Å². The molecule has 0 aliphatic heterocycles. The van der Waals surface area contributed by atoms with Crippen molar-refractivity contribution in [1.29, 1.82) is 0 Å². The Labute approximate surface area is 109 Å². The van der Waals surface area contributed by atoms with E-state index in [9.17, 15) is 4.39 Å². The number of benzene rings is 1. The summed E-state index contributed by atoms with van der Waals surface area (Å²) in [5.74, 6) is 0.433. The minimum Gasteiger partial charge on any atom is -0.490 e. The van der Waals surface area contributed by atoms with Crippen LogP contribution in [0, 0.1) is 5.82 Å². The molecule has 100 valence electrons. The van der Waals surface area contributed by atoms with Crippen molar-refractivity contribution in [3.8, 4) is 5.75 Å². The lowest BCUT2D eigenvalue weighted by Crippen LogP contribution is -2.16. The smallest absolute Gasteiger partial charge is 0.127 e.